The lowest BCUT2D eigenvalue weighted by atomic mass is 10.2. The largest absolute Gasteiger partial charge is 0.402 e. The molecule has 1 aliphatic heterocycles. The van der Waals surface area contributed by atoms with Crippen molar-refractivity contribution in [3.8, 4) is 10.6 Å². The van der Waals surface area contributed by atoms with Crippen LogP contribution in [0.2, 0.25) is 0 Å². The fraction of sp³-hybridized carbons (Fsp3) is 0. The summed E-state index contributed by atoms with van der Waals surface area (Å²) < 4.78 is 18.4. The van der Waals surface area contributed by atoms with E-state index in [4.69, 9.17) is 4.74 Å². The molecular weight excluding hydrogens is 339 g/mol. The quantitative estimate of drug-likeness (QED) is 0.523. The van der Waals surface area contributed by atoms with Gasteiger partial charge >= 0.3 is 5.97 Å². The number of rotatable bonds is 3. The predicted octanol–water partition coefficient (Wildman–Crippen LogP) is 4.29. The van der Waals surface area contributed by atoms with Gasteiger partial charge in [0.25, 0.3) is 0 Å². The Morgan fingerprint density at radius 3 is 2.64 bits per heavy atom. The van der Waals surface area contributed by atoms with E-state index in [0.29, 0.717) is 11.3 Å². The maximum absolute atomic E-state index is 13.3. The van der Waals surface area contributed by atoms with Crippen molar-refractivity contribution in [2.24, 2.45) is 4.99 Å². The lowest BCUT2D eigenvalue weighted by molar-refractivity contribution is -0.129. The number of hydrogen-bond acceptors (Lipinski definition) is 5. The number of thiazole rings is 1. The normalized spacial score (nSPS) is 15.3. The number of esters is 1. The zero-order chi connectivity index (χ0) is 17.2. The summed E-state index contributed by atoms with van der Waals surface area (Å²) in [6.07, 6.45) is 1.57. The molecule has 0 saturated carbocycles. The number of nitrogens with zero attached hydrogens (tertiary/aromatic N) is 2. The fourth-order valence-corrected chi connectivity index (χ4v) is 3.14. The first-order chi connectivity index (χ1) is 12.2. The summed E-state index contributed by atoms with van der Waals surface area (Å²) >= 11 is 1.48. The number of benzene rings is 2. The highest BCUT2D eigenvalue weighted by Crippen LogP contribution is 2.25. The highest BCUT2D eigenvalue weighted by Gasteiger charge is 2.24. The van der Waals surface area contributed by atoms with Crippen LogP contribution >= 0.6 is 11.3 Å². The molecule has 0 saturated heterocycles. The van der Waals surface area contributed by atoms with Gasteiger partial charge in [-0.05, 0) is 24.3 Å². The molecule has 0 unspecified atom stereocenters. The van der Waals surface area contributed by atoms with Crippen molar-refractivity contribution in [3.63, 3.8) is 0 Å². The third-order valence-electron chi connectivity index (χ3n) is 3.52. The highest BCUT2D eigenvalue weighted by molar-refractivity contribution is 7.13. The van der Waals surface area contributed by atoms with Crippen molar-refractivity contribution < 1.29 is 13.9 Å². The van der Waals surface area contributed by atoms with E-state index in [0.717, 1.165) is 10.6 Å². The van der Waals surface area contributed by atoms with E-state index in [2.05, 4.69) is 9.98 Å². The first-order valence-electron chi connectivity index (χ1n) is 7.48. The number of hydrogen-bond donors (Lipinski definition) is 0. The van der Waals surface area contributed by atoms with Crippen LogP contribution in [0.3, 0.4) is 0 Å². The minimum Gasteiger partial charge on any atom is -0.402 e. The van der Waals surface area contributed by atoms with Crippen LogP contribution in [-0.2, 0) is 9.53 Å². The minimum atomic E-state index is -0.575. The Bertz CT molecular complexity index is 1010. The third-order valence-corrected chi connectivity index (χ3v) is 4.43. The summed E-state index contributed by atoms with van der Waals surface area (Å²) in [7, 11) is 0. The maximum Gasteiger partial charge on any atom is 0.363 e. The minimum absolute atomic E-state index is 0.0919. The molecule has 0 fully saturated rings. The van der Waals surface area contributed by atoms with Gasteiger partial charge in [0, 0.05) is 16.5 Å². The van der Waals surface area contributed by atoms with Gasteiger partial charge in [0.05, 0.1) is 5.69 Å². The van der Waals surface area contributed by atoms with Crippen LogP contribution in [0.1, 0.15) is 11.3 Å². The van der Waals surface area contributed by atoms with Gasteiger partial charge in [0.1, 0.15) is 10.8 Å². The van der Waals surface area contributed by atoms with Crippen LogP contribution in [-0.4, -0.2) is 16.9 Å². The molecule has 0 atom stereocenters. The van der Waals surface area contributed by atoms with Crippen molar-refractivity contribution in [2.75, 3.05) is 0 Å². The van der Waals surface area contributed by atoms with Crippen molar-refractivity contribution in [2.45, 2.75) is 0 Å². The molecule has 4 rings (SSSR count). The van der Waals surface area contributed by atoms with Crippen molar-refractivity contribution in [1.82, 2.24) is 4.98 Å². The van der Waals surface area contributed by atoms with Gasteiger partial charge in [0.15, 0.2) is 5.70 Å². The van der Waals surface area contributed by atoms with E-state index in [1.807, 2.05) is 35.7 Å². The van der Waals surface area contributed by atoms with Crippen LogP contribution in [0.25, 0.3) is 16.6 Å². The van der Waals surface area contributed by atoms with Gasteiger partial charge in [-0.2, -0.15) is 0 Å². The van der Waals surface area contributed by atoms with Crippen LogP contribution < -0.4 is 0 Å². The van der Waals surface area contributed by atoms with E-state index >= 15 is 0 Å². The van der Waals surface area contributed by atoms with Gasteiger partial charge < -0.3 is 4.74 Å². The van der Waals surface area contributed by atoms with E-state index in [1.165, 1.54) is 29.5 Å². The van der Waals surface area contributed by atoms with Crippen molar-refractivity contribution in [3.05, 3.63) is 82.7 Å². The molecule has 1 aromatic heterocycles. The average molecular weight is 350 g/mol. The molecule has 3 aromatic rings. The zero-order valence-electron chi connectivity index (χ0n) is 12.8. The summed E-state index contributed by atoms with van der Waals surface area (Å²) in [5.74, 6) is -0.900. The lowest BCUT2D eigenvalue weighted by Crippen LogP contribution is -2.05. The molecule has 0 spiro atoms. The molecule has 2 aromatic carbocycles. The Hall–Kier alpha value is -3.12. The van der Waals surface area contributed by atoms with Crippen molar-refractivity contribution in [1.29, 1.82) is 0 Å². The summed E-state index contributed by atoms with van der Waals surface area (Å²) in [4.78, 5) is 20.7. The van der Waals surface area contributed by atoms with Crippen LogP contribution in [0.4, 0.5) is 4.39 Å². The average Bonchev–Trinajstić information content (AvgIpc) is 3.24. The Morgan fingerprint density at radius 2 is 1.84 bits per heavy atom. The number of carbonyl (C=O) groups is 1. The number of cyclic esters (lactones) is 1. The second kappa shape index (κ2) is 6.41. The molecule has 0 radical (unpaired) electrons. The van der Waals surface area contributed by atoms with Gasteiger partial charge in [0.2, 0.25) is 5.90 Å². The van der Waals surface area contributed by atoms with E-state index < -0.39 is 11.8 Å². The summed E-state index contributed by atoms with van der Waals surface area (Å²) in [6.45, 7) is 0. The Morgan fingerprint density at radius 1 is 1.04 bits per heavy atom. The third kappa shape index (κ3) is 3.25. The van der Waals surface area contributed by atoms with Gasteiger partial charge in [-0.25, -0.2) is 19.2 Å². The Balaban J connectivity index is 1.63. The highest BCUT2D eigenvalue weighted by atomic mass is 32.1. The van der Waals surface area contributed by atoms with E-state index in [-0.39, 0.29) is 11.6 Å². The molecule has 4 nitrogen and oxygen atoms in total. The standard InChI is InChI=1S/C19H11FN2O2S/c20-14-8-4-7-13(9-14)17-22-16(19(23)24-17)10-15-11-25-18(21-15)12-5-2-1-3-6-12/h1-11H. The fourth-order valence-electron chi connectivity index (χ4n) is 2.36. The number of carbonyl (C=O) groups excluding carboxylic acids is 1. The smallest absolute Gasteiger partial charge is 0.363 e. The van der Waals surface area contributed by atoms with Crippen molar-refractivity contribution >= 4 is 29.3 Å². The molecular formula is C19H11FN2O2S. The molecule has 0 bridgehead atoms. The first kappa shape index (κ1) is 15.4. The molecule has 0 amide bonds. The molecule has 1 aliphatic rings. The van der Waals surface area contributed by atoms with Gasteiger partial charge in [-0.15, -0.1) is 11.3 Å². The molecule has 0 N–H and O–H groups in total. The predicted molar refractivity (Wildman–Crippen MR) is 94.6 cm³/mol. The second-order valence-electron chi connectivity index (χ2n) is 5.29. The molecule has 25 heavy (non-hydrogen) atoms. The first-order valence-corrected chi connectivity index (χ1v) is 8.36. The number of aromatic nitrogens is 1. The number of aliphatic imine (C=N–C) groups is 1. The van der Waals surface area contributed by atoms with Crippen LogP contribution in [0.5, 0.6) is 0 Å². The topological polar surface area (TPSA) is 51.5 Å². The summed E-state index contributed by atoms with van der Waals surface area (Å²) in [5.41, 5.74) is 2.19. The van der Waals surface area contributed by atoms with E-state index in [9.17, 15) is 9.18 Å². The molecule has 2 heterocycles. The number of ether oxygens (including phenoxy) is 1. The molecule has 122 valence electrons. The number of halogens is 1. The zero-order valence-corrected chi connectivity index (χ0v) is 13.7. The lowest BCUT2D eigenvalue weighted by Gasteiger charge is -1.98. The van der Waals surface area contributed by atoms with Crippen LogP contribution in [0, 0.1) is 5.82 Å². The van der Waals surface area contributed by atoms with E-state index in [1.54, 1.807) is 12.1 Å². The molecule has 6 heteroatoms. The van der Waals surface area contributed by atoms with Gasteiger partial charge in [-0.3, -0.25) is 0 Å². The Kier molecular flexibility index (Phi) is 3.95. The maximum atomic E-state index is 13.3. The summed E-state index contributed by atoms with van der Waals surface area (Å²) in [5, 5.41) is 2.70. The second-order valence-corrected chi connectivity index (χ2v) is 6.15. The van der Waals surface area contributed by atoms with Gasteiger partial charge in [-0.1, -0.05) is 36.4 Å². The monoisotopic (exact) mass is 350 g/mol. The summed E-state index contributed by atoms with van der Waals surface area (Å²) in [6, 6.07) is 15.5. The Labute approximate surface area is 147 Å². The molecule has 0 aliphatic carbocycles. The SMILES string of the molecule is O=C1OC(c2cccc(F)c2)=NC1=Cc1csc(-c2ccccc2)n1. The van der Waals surface area contributed by atoms with Crippen LogP contribution in [0.15, 0.2) is 70.7 Å².